The number of carboxylic acid groups (broad SMARTS) is 1. The Bertz CT molecular complexity index is 894. The molecule has 1 atom stereocenters. The van der Waals surface area contributed by atoms with Gasteiger partial charge in [0.25, 0.3) is 0 Å². The summed E-state index contributed by atoms with van der Waals surface area (Å²) in [6, 6.07) is 7.31. The van der Waals surface area contributed by atoms with Crippen LogP contribution in [0.25, 0.3) is 6.08 Å². The molecule has 7 heteroatoms. The molecule has 0 radical (unpaired) electrons. The first-order valence-corrected chi connectivity index (χ1v) is 17.4. The lowest BCUT2D eigenvalue weighted by Crippen LogP contribution is -2.36. The lowest BCUT2D eigenvalue weighted by Gasteiger charge is -2.16. The zero-order chi connectivity index (χ0) is 32.1. The fraction of sp³-hybridized carbons (Fsp3) is 0.703. The highest BCUT2D eigenvalue weighted by Crippen LogP contribution is 2.16. The molecule has 1 unspecified atom stereocenters. The Morgan fingerprint density at radius 2 is 1.11 bits per heavy atom. The predicted octanol–water partition coefficient (Wildman–Crippen LogP) is 8.52. The number of rotatable bonds is 29. The van der Waals surface area contributed by atoms with Crippen molar-refractivity contribution >= 4 is 24.0 Å². The van der Waals surface area contributed by atoms with Crippen LogP contribution in [0.15, 0.2) is 30.3 Å². The third-order valence-electron chi connectivity index (χ3n) is 7.67. The lowest BCUT2D eigenvalue weighted by atomic mass is 10.1. The number of ether oxygens (including phenoxy) is 3. The summed E-state index contributed by atoms with van der Waals surface area (Å²) in [6.45, 7) is 5.30. The van der Waals surface area contributed by atoms with Gasteiger partial charge in [0.15, 0.2) is 0 Å². The molecule has 0 aliphatic rings. The molecular formula is C37H59O7-. The van der Waals surface area contributed by atoms with E-state index in [1.165, 1.54) is 96.3 Å². The van der Waals surface area contributed by atoms with Crippen molar-refractivity contribution in [3.8, 4) is 5.75 Å². The van der Waals surface area contributed by atoms with Crippen molar-refractivity contribution < 1.29 is 33.7 Å². The normalized spacial score (nSPS) is 11.9. The molecule has 0 fully saturated rings. The molecule has 0 saturated heterocycles. The van der Waals surface area contributed by atoms with E-state index in [2.05, 4.69) is 13.8 Å². The maximum Gasteiger partial charge on any atom is 0.347 e. The monoisotopic (exact) mass is 615 g/mol. The van der Waals surface area contributed by atoms with E-state index >= 15 is 0 Å². The number of hydrogen-bond acceptors (Lipinski definition) is 7. The van der Waals surface area contributed by atoms with Gasteiger partial charge in [-0.3, -0.25) is 0 Å². The topological polar surface area (TPSA) is 102 Å². The van der Waals surface area contributed by atoms with E-state index in [4.69, 9.17) is 14.2 Å². The molecule has 0 aliphatic heterocycles. The molecule has 0 aromatic heterocycles. The summed E-state index contributed by atoms with van der Waals surface area (Å²) >= 11 is 0. The van der Waals surface area contributed by atoms with E-state index in [9.17, 15) is 19.5 Å². The molecule has 0 bridgehead atoms. The summed E-state index contributed by atoms with van der Waals surface area (Å²) in [6.07, 6.45) is 24.7. The van der Waals surface area contributed by atoms with Crippen LogP contribution in [-0.4, -0.2) is 37.2 Å². The van der Waals surface area contributed by atoms with Gasteiger partial charge in [0.05, 0.1) is 13.2 Å². The third-order valence-corrected chi connectivity index (χ3v) is 7.67. The fourth-order valence-corrected chi connectivity index (χ4v) is 4.98. The zero-order valence-corrected chi connectivity index (χ0v) is 27.7. The van der Waals surface area contributed by atoms with Gasteiger partial charge in [0, 0.05) is 18.5 Å². The largest absolute Gasteiger partial charge is 0.550 e. The van der Waals surface area contributed by atoms with Gasteiger partial charge in [-0.25, -0.2) is 9.59 Å². The predicted molar refractivity (Wildman–Crippen MR) is 175 cm³/mol. The van der Waals surface area contributed by atoms with Gasteiger partial charge in [-0.15, -0.1) is 0 Å². The van der Waals surface area contributed by atoms with Crippen LogP contribution in [0.1, 0.15) is 154 Å². The molecule has 1 aromatic carbocycles. The highest BCUT2D eigenvalue weighted by Gasteiger charge is 2.24. The van der Waals surface area contributed by atoms with Crippen LogP contribution in [0.3, 0.4) is 0 Å². The van der Waals surface area contributed by atoms with Crippen molar-refractivity contribution in [1.82, 2.24) is 0 Å². The molecular weight excluding hydrogens is 556 g/mol. The van der Waals surface area contributed by atoms with Gasteiger partial charge in [-0.1, -0.05) is 142 Å². The molecule has 0 saturated carbocycles. The second-order valence-corrected chi connectivity index (χ2v) is 11.8. The number of carboxylic acids is 1. The van der Waals surface area contributed by atoms with Gasteiger partial charge >= 0.3 is 11.9 Å². The lowest BCUT2D eigenvalue weighted by molar-refractivity contribution is -0.307. The van der Waals surface area contributed by atoms with Crippen LogP contribution < -0.4 is 9.84 Å². The Morgan fingerprint density at radius 1 is 0.659 bits per heavy atom. The van der Waals surface area contributed by atoms with E-state index in [1.807, 2.05) is 24.3 Å². The van der Waals surface area contributed by atoms with E-state index in [1.54, 1.807) is 6.08 Å². The minimum atomic E-state index is -1.54. The quantitative estimate of drug-likeness (QED) is 0.0506. The van der Waals surface area contributed by atoms with Gasteiger partial charge in [0.1, 0.15) is 5.75 Å². The molecule has 0 N–H and O–H groups in total. The number of hydrogen-bond donors (Lipinski definition) is 0. The summed E-state index contributed by atoms with van der Waals surface area (Å²) in [5.74, 6) is -2.42. The van der Waals surface area contributed by atoms with Crippen LogP contribution in [0, 0.1) is 0 Å². The molecule has 7 nitrogen and oxygen atoms in total. The van der Waals surface area contributed by atoms with Gasteiger partial charge in [-0.2, -0.15) is 0 Å². The van der Waals surface area contributed by atoms with Gasteiger partial charge < -0.3 is 24.1 Å². The minimum absolute atomic E-state index is 0.167. The molecule has 250 valence electrons. The SMILES string of the molecule is CCCCCCCCCCCCOC(=O)C(CC(=O)[O-])OC(=O)/C=C/c1ccc(OCCCCCCCCCCCC)cc1. The van der Waals surface area contributed by atoms with Crippen LogP contribution in [0.5, 0.6) is 5.75 Å². The summed E-state index contributed by atoms with van der Waals surface area (Å²) in [7, 11) is 0. The van der Waals surface area contributed by atoms with Crippen molar-refractivity contribution in [1.29, 1.82) is 0 Å². The summed E-state index contributed by atoms with van der Waals surface area (Å²) in [5, 5.41) is 11.1. The molecule has 1 aromatic rings. The highest BCUT2D eigenvalue weighted by atomic mass is 16.6. The van der Waals surface area contributed by atoms with E-state index in [0.717, 1.165) is 43.1 Å². The number of unbranched alkanes of at least 4 members (excludes halogenated alkanes) is 18. The Hall–Kier alpha value is -2.83. The number of benzene rings is 1. The Kier molecular flexibility index (Phi) is 24.7. The molecule has 44 heavy (non-hydrogen) atoms. The zero-order valence-electron chi connectivity index (χ0n) is 27.7. The first-order valence-electron chi connectivity index (χ1n) is 17.4. The van der Waals surface area contributed by atoms with Crippen molar-refractivity contribution in [3.63, 3.8) is 0 Å². The maximum absolute atomic E-state index is 12.4. The minimum Gasteiger partial charge on any atom is -0.550 e. The van der Waals surface area contributed by atoms with Gasteiger partial charge in [-0.05, 0) is 36.6 Å². The van der Waals surface area contributed by atoms with Crippen molar-refractivity contribution in [2.24, 2.45) is 0 Å². The van der Waals surface area contributed by atoms with Gasteiger partial charge in [0.2, 0.25) is 6.10 Å². The molecule has 0 heterocycles. The highest BCUT2D eigenvalue weighted by molar-refractivity contribution is 5.90. The second kappa shape index (κ2) is 27.7. The Labute approximate surface area is 267 Å². The molecule has 0 amide bonds. The number of carbonyl (C=O) groups excluding carboxylic acids is 3. The second-order valence-electron chi connectivity index (χ2n) is 11.8. The standard InChI is InChI=1S/C37H60O7/c1-3-5-7-9-11-13-15-17-19-21-29-42-33-26-23-32(24-27-33)25-28-36(40)44-34(31-35(38)39)37(41)43-30-22-20-18-16-14-12-10-8-6-4-2/h23-28,34H,3-22,29-31H2,1-2H3,(H,38,39)/p-1/b28-25+. The smallest absolute Gasteiger partial charge is 0.347 e. The van der Waals surface area contributed by atoms with Crippen molar-refractivity contribution in [3.05, 3.63) is 35.9 Å². The van der Waals surface area contributed by atoms with Crippen LogP contribution in [-0.2, 0) is 23.9 Å². The van der Waals surface area contributed by atoms with E-state index in [-0.39, 0.29) is 6.61 Å². The first kappa shape index (κ1) is 39.2. The Balaban J connectivity index is 2.26. The summed E-state index contributed by atoms with van der Waals surface area (Å²) in [5.41, 5.74) is 0.744. The number of carbonyl (C=O) groups is 3. The Morgan fingerprint density at radius 3 is 1.59 bits per heavy atom. The molecule has 0 spiro atoms. The average Bonchev–Trinajstić information content (AvgIpc) is 3.01. The summed E-state index contributed by atoms with van der Waals surface area (Å²) in [4.78, 5) is 35.8. The fourth-order valence-electron chi connectivity index (χ4n) is 4.98. The molecule has 0 aliphatic carbocycles. The first-order chi connectivity index (χ1) is 21.5. The van der Waals surface area contributed by atoms with E-state index < -0.39 is 30.4 Å². The number of aliphatic carboxylic acids is 1. The van der Waals surface area contributed by atoms with Crippen LogP contribution in [0.4, 0.5) is 0 Å². The maximum atomic E-state index is 12.4. The van der Waals surface area contributed by atoms with Crippen molar-refractivity contribution in [2.75, 3.05) is 13.2 Å². The summed E-state index contributed by atoms with van der Waals surface area (Å²) < 4.78 is 16.1. The van der Waals surface area contributed by atoms with Crippen molar-refractivity contribution in [2.45, 2.75) is 155 Å². The average molecular weight is 616 g/mol. The number of esters is 2. The third kappa shape index (κ3) is 22.7. The molecule has 1 rings (SSSR count). The van der Waals surface area contributed by atoms with Crippen LogP contribution in [0.2, 0.25) is 0 Å². The van der Waals surface area contributed by atoms with Crippen LogP contribution >= 0.6 is 0 Å². The van der Waals surface area contributed by atoms with E-state index in [0.29, 0.717) is 13.0 Å².